The number of allylic oxidation sites excluding steroid dienone is 1. The van der Waals surface area contributed by atoms with Crippen molar-refractivity contribution >= 4 is 0 Å². The fraction of sp³-hybridized carbons (Fsp3) is 0.333. The van der Waals surface area contributed by atoms with Gasteiger partial charge in [-0.3, -0.25) is 0 Å². The van der Waals surface area contributed by atoms with Crippen LogP contribution in [-0.2, 0) is 12.6 Å². The summed E-state index contributed by atoms with van der Waals surface area (Å²) in [5.74, 6) is 0. The third-order valence-corrected chi connectivity index (χ3v) is 2.36. The van der Waals surface area contributed by atoms with Crippen LogP contribution in [0.15, 0.2) is 35.9 Å². The van der Waals surface area contributed by atoms with E-state index in [1.54, 1.807) is 6.07 Å². The summed E-state index contributed by atoms with van der Waals surface area (Å²) in [6.45, 7) is 2.20. The SMILES string of the molecule is C/C=C(\CN)Cc1cccc(C(F)(F)F)c1. The minimum atomic E-state index is -4.28. The second-order valence-electron chi connectivity index (χ2n) is 3.53. The third kappa shape index (κ3) is 3.38. The molecule has 0 fully saturated rings. The number of benzene rings is 1. The largest absolute Gasteiger partial charge is 0.416 e. The van der Waals surface area contributed by atoms with E-state index in [0.717, 1.165) is 11.6 Å². The normalized spacial score (nSPS) is 12.9. The Hall–Kier alpha value is -1.29. The molecule has 0 aliphatic carbocycles. The van der Waals surface area contributed by atoms with Gasteiger partial charge in [0.1, 0.15) is 0 Å². The van der Waals surface area contributed by atoms with E-state index >= 15 is 0 Å². The highest BCUT2D eigenvalue weighted by atomic mass is 19.4. The van der Waals surface area contributed by atoms with Crippen molar-refractivity contribution in [2.24, 2.45) is 5.73 Å². The van der Waals surface area contributed by atoms with Gasteiger partial charge >= 0.3 is 6.18 Å². The van der Waals surface area contributed by atoms with Crippen molar-refractivity contribution in [2.75, 3.05) is 6.54 Å². The van der Waals surface area contributed by atoms with Gasteiger partial charge in [-0.1, -0.05) is 29.8 Å². The summed E-state index contributed by atoms with van der Waals surface area (Å²) in [7, 11) is 0. The summed E-state index contributed by atoms with van der Waals surface area (Å²) in [6.07, 6.45) is -1.98. The van der Waals surface area contributed by atoms with Gasteiger partial charge in [-0.25, -0.2) is 0 Å². The van der Waals surface area contributed by atoms with Gasteiger partial charge in [0.25, 0.3) is 0 Å². The van der Waals surface area contributed by atoms with Gasteiger partial charge in [-0.15, -0.1) is 0 Å². The molecule has 0 unspecified atom stereocenters. The highest BCUT2D eigenvalue weighted by Gasteiger charge is 2.30. The predicted octanol–water partition coefficient (Wildman–Crippen LogP) is 3.15. The van der Waals surface area contributed by atoms with Crippen molar-refractivity contribution in [3.8, 4) is 0 Å². The zero-order chi connectivity index (χ0) is 12.2. The van der Waals surface area contributed by atoms with E-state index in [0.29, 0.717) is 18.5 Å². The van der Waals surface area contributed by atoms with E-state index in [1.807, 2.05) is 13.0 Å². The molecule has 0 aromatic heterocycles. The molecule has 0 heterocycles. The number of hydrogen-bond acceptors (Lipinski definition) is 1. The summed E-state index contributed by atoms with van der Waals surface area (Å²) >= 11 is 0. The Bertz CT molecular complexity index is 380. The molecule has 4 heteroatoms. The first kappa shape index (κ1) is 12.8. The number of alkyl halides is 3. The van der Waals surface area contributed by atoms with Crippen LogP contribution < -0.4 is 5.73 Å². The summed E-state index contributed by atoms with van der Waals surface area (Å²) in [6, 6.07) is 5.33. The van der Waals surface area contributed by atoms with Crippen molar-refractivity contribution in [2.45, 2.75) is 19.5 Å². The molecule has 0 bridgehead atoms. The van der Waals surface area contributed by atoms with E-state index in [9.17, 15) is 13.2 Å². The van der Waals surface area contributed by atoms with Gasteiger partial charge in [0.2, 0.25) is 0 Å². The maximum Gasteiger partial charge on any atom is 0.416 e. The van der Waals surface area contributed by atoms with Gasteiger partial charge in [-0.05, 0) is 25.0 Å². The second kappa shape index (κ2) is 5.16. The number of hydrogen-bond donors (Lipinski definition) is 1. The molecule has 1 aromatic rings. The van der Waals surface area contributed by atoms with Gasteiger partial charge < -0.3 is 5.73 Å². The zero-order valence-corrected chi connectivity index (χ0v) is 9.01. The molecule has 0 aliphatic heterocycles. The van der Waals surface area contributed by atoms with Crippen LogP contribution >= 0.6 is 0 Å². The van der Waals surface area contributed by atoms with Crippen molar-refractivity contribution < 1.29 is 13.2 Å². The molecule has 0 aliphatic rings. The lowest BCUT2D eigenvalue weighted by Crippen LogP contribution is -2.08. The molecule has 2 N–H and O–H groups in total. The second-order valence-corrected chi connectivity index (χ2v) is 3.53. The van der Waals surface area contributed by atoms with E-state index < -0.39 is 11.7 Å². The monoisotopic (exact) mass is 229 g/mol. The molecule has 1 rings (SSSR count). The highest BCUT2D eigenvalue weighted by molar-refractivity contribution is 5.29. The molecule has 16 heavy (non-hydrogen) atoms. The predicted molar refractivity (Wildman–Crippen MR) is 58.0 cm³/mol. The topological polar surface area (TPSA) is 26.0 Å². The first-order valence-corrected chi connectivity index (χ1v) is 4.97. The lowest BCUT2D eigenvalue weighted by molar-refractivity contribution is -0.137. The zero-order valence-electron chi connectivity index (χ0n) is 9.01. The lowest BCUT2D eigenvalue weighted by atomic mass is 10.0. The first-order chi connectivity index (χ1) is 7.47. The van der Waals surface area contributed by atoms with Crippen molar-refractivity contribution in [1.29, 1.82) is 0 Å². The fourth-order valence-corrected chi connectivity index (χ4v) is 1.41. The maximum absolute atomic E-state index is 12.4. The molecule has 0 atom stereocenters. The molecular weight excluding hydrogens is 215 g/mol. The van der Waals surface area contributed by atoms with Gasteiger partial charge in [0.05, 0.1) is 5.56 Å². The Morgan fingerprint density at radius 3 is 2.56 bits per heavy atom. The molecule has 0 saturated carbocycles. The van der Waals surface area contributed by atoms with Crippen LogP contribution in [0.4, 0.5) is 13.2 Å². The van der Waals surface area contributed by atoms with Crippen LogP contribution in [0.2, 0.25) is 0 Å². The van der Waals surface area contributed by atoms with E-state index in [1.165, 1.54) is 12.1 Å². The summed E-state index contributed by atoms with van der Waals surface area (Å²) in [5, 5.41) is 0. The highest BCUT2D eigenvalue weighted by Crippen LogP contribution is 2.29. The van der Waals surface area contributed by atoms with Crippen molar-refractivity contribution in [3.05, 3.63) is 47.0 Å². The Morgan fingerprint density at radius 1 is 1.38 bits per heavy atom. The molecule has 0 spiro atoms. The molecule has 1 nitrogen and oxygen atoms in total. The van der Waals surface area contributed by atoms with Gasteiger partial charge in [-0.2, -0.15) is 13.2 Å². The van der Waals surface area contributed by atoms with Crippen LogP contribution in [0.3, 0.4) is 0 Å². The Balaban J connectivity index is 2.91. The summed E-state index contributed by atoms with van der Waals surface area (Å²) in [5.41, 5.74) is 6.41. The molecule has 0 radical (unpaired) electrons. The minimum absolute atomic E-state index is 0.368. The number of halogens is 3. The molecule has 88 valence electrons. The minimum Gasteiger partial charge on any atom is -0.327 e. The number of nitrogens with two attached hydrogens (primary N) is 1. The third-order valence-electron chi connectivity index (χ3n) is 2.36. The van der Waals surface area contributed by atoms with Crippen LogP contribution in [0.5, 0.6) is 0 Å². The van der Waals surface area contributed by atoms with E-state index in [-0.39, 0.29) is 0 Å². The average molecular weight is 229 g/mol. The maximum atomic E-state index is 12.4. The summed E-state index contributed by atoms with van der Waals surface area (Å²) in [4.78, 5) is 0. The average Bonchev–Trinajstić information content (AvgIpc) is 2.25. The van der Waals surface area contributed by atoms with Gasteiger partial charge in [0.15, 0.2) is 0 Å². The molecule has 0 saturated heterocycles. The Kier molecular flexibility index (Phi) is 4.12. The van der Waals surface area contributed by atoms with Gasteiger partial charge in [0, 0.05) is 6.54 Å². The van der Waals surface area contributed by atoms with Crippen LogP contribution in [0.1, 0.15) is 18.1 Å². The quantitative estimate of drug-likeness (QED) is 0.791. The van der Waals surface area contributed by atoms with E-state index in [2.05, 4.69) is 0 Å². The number of rotatable bonds is 3. The first-order valence-electron chi connectivity index (χ1n) is 4.97. The molecule has 0 amide bonds. The summed E-state index contributed by atoms with van der Waals surface area (Å²) < 4.78 is 37.3. The van der Waals surface area contributed by atoms with Crippen LogP contribution in [-0.4, -0.2) is 6.54 Å². The van der Waals surface area contributed by atoms with Crippen LogP contribution in [0.25, 0.3) is 0 Å². The Morgan fingerprint density at radius 2 is 2.06 bits per heavy atom. The smallest absolute Gasteiger partial charge is 0.327 e. The Labute approximate surface area is 92.8 Å². The molecule has 1 aromatic carbocycles. The lowest BCUT2D eigenvalue weighted by Gasteiger charge is -2.09. The van der Waals surface area contributed by atoms with Crippen LogP contribution in [0, 0.1) is 0 Å². The molecular formula is C12H14F3N. The fourth-order valence-electron chi connectivity index (χ4n) is 1.41. The van der Waals surface area contributed by atoms with E-state index in [4.69, 9.17) is 5.73 Å². The standard InChI is InChI=1S/C12H14F3N/c1-2-9(8-16)6-10-4-3-5-11(7-10)12(13,14)15/h2-5,7H,6,8,16H2,1H3/b9-2-. The van der Waals surface area contributed by atoms with Crippen molar-refractivity contribution in [1.82, 2.24) is 0 Å². The van der Waals surface area contributed by atoms with Crippen molar-refractivity contribution in [3.63, 3.8) is 0 Å².